The molecule has 0 fully saturated rings. The molecule has 0 amide bonds. The average molecular weight is 251 g/mol. The number of hydrogen-bond donors (Lipinski definition) is 2. The van der Waals surface area contributed by atoms with Gasteiger partial charge in [-0.3, -0.25) is 4.79 Å². The van der Waals surface area contributed by atoms with Crippen LogP contribution >= 0.6 is 11.3 Å². The molecule has 90 valence electrons. The fourth-order valence-electron chi connectivity index (χ4n) is 1.36. The summed E-state index contributed by atoms with van der Waals surface area (Å²) in [5.41, 5.74) is 1.15. The summed E-state index contributed by atoms with van der Waals surface area (Å²) in [6, 6.07) is 3.54. The Hall–Kier alpha value is -1.66. The van der Waals surface area contributed by atoms with E-state index >= 15 is 0 Å². The molecule has 0 aliphatic carbocycles. The van der Waals surface area contributed by atoms with Crippen molar-refractivity contribution in [1.29, 1.82) is 0 Å². The summed E-state index contributed by atoms with van der Waals surface area (Å²) in [5.74, 6) is 0. The number of anilines is 1. The van der Waals surface area contributed by atoms with E-state index in [-0.39, 0.29) is 5.56 Å². The molecule has 0 spiro atoms. The van der Waals surface area contributed by atoms with E-state index in [0.29, 0.717) is 24.4 Å². The van der Waals surface area contributed by atoms with Gasteiger partial charge in [0.1, 0.15) is 0 Å². The number of aromatic amines is 1. The lowest BCUT2D eigenvalue weighted by atomic mass is 10.2. The number of nitrogens with one attached hydrogen (secondary N) is 2. The van der Waals surface area contributed by atoms with Gasteiger partial charge in [-0.2, -0.15) is 0 Å². The lowest BCUT2D eigenvalue weighted by Crippen LogP contribution is -2.08. The Morgan fingerprint density at radius 3 is 3.24 bits per heavy atom. The molecule has 2 aromatic rings. The molecule has 0 saturated heterocycles. The average Bonchev–Trinajstić information content (AvgIpc) is 2.79. The molecule has 5 nitrogen and oxygen atoms in total. The zero-order chi connectivity index (χ0) is 12.1. The van der Waals surface area contributed by atoms with Crippen LogP contribution in [0.15, 0.2) is 28.5 Å². The van der Waals surface area contributed by atoms with Gasteiger partial charge in [-0.1, -0.05) is 0 Å². The molecule has 0 aliphatic rings. The zero-order valence-corrected chi connectivity index (χ0v) is 10.2. The highest BCUT2D eigenvalue weighted by atomic mass is 32.1. The minimum absolute atomic E-state index is 0.124. The monoisotopic (exact) mass is 251 g/mol. The van der Waals surface area contributed by atoms with Gasteiger partial charge in [-0.05, 0) is 12.1 Å². The third kappa shape index (κ3) is 2.92. The van der Waals surface area contributed by atoms with Gasteiger partial charge in [-0.15, -0.1) is 11.3 Å². The lowest BCUT2D eigenvalue weighted by Gasteiger charge is -1.99. The second-order valence-corrected chi connectivity index (χ2v) is 4.23. The smallest absolute Gasteiger partial charge is 0.257 e. The Kier molecular flexibility index (Phi) is 3.89. The van der Waals surface area contributed by atoms with Crippen molar-refractivity contribution in [3.8, 4) is 11.3 Å². The van der Waals surface area contributed by atoms with Gasteiger partial charge >= 0.3 is 0 Å². The van der Waals surface area contributed by atoms with Crippen molar-refractivity contribution in [2.75, 3.05) is 25.6 Å². The Balaban J connectivity index is 2.13. The van der Waals surface area contributed by atoms with Gasteiger partial charge in [-0.25, -0.2) is 4.98 Å². The summed E-state index contributed by atoms with van der Waals surface area (Å²) in [6.45, 7) is 1.33. The van der Waals surface area contributed by atoms with Crippen LogP contribution in [0.1, 0.15) is 0 Å². The quantitative estimate of drug-likeness (QED) is 0.791. The van der Waals surface area contributed by atoms with Crippen molar-refractivity contribution in [2.24, 2.45) is 0 Å². The first kappa shape index (κ1) is 11.8. The molecule has 0 radical (unpaired) electrons. The maximum absolute atomic E-state index is 11.6. The van der Waals surface area contributed by atoms with Crippen LogP contribution in [0.25, 0.3) is 11.3 Å². The normalized spacial score (nSPS) is 10.4. The third-order valence-corrected chi connectivity index (χ3v) is 2.98. The molecular formula is C11H13N3O2S. The summed E-state index contributed by atoms with van der Waals surface area (Å²) in [5, 5.41) is 5.78. The molecule has 2 aromatic heterocycles. The van der Waals surface area contributed by atoms with Crippen molar-refractivity contribution in [3.05, 3.63) is 34.1 Å². The van der Waals surface area contributed by atoms with Crippen molar-refractivity contribution in [3.63, 3.8) is 0 Å². The van der Waals surface area contributed by atoms with Crippen LogP contribution in [0.2, 0.25) is 0 Å². The summed E-state index contributed by atoms with van der Waals surface area (Å²) in [7, 11) is 1.65. The van der Waals surface area contributed by atoms with E-state index in [0.717, 1.165) is 5.13 Å². The minimum Gasteiger partial charge on any atom is -0.383 e. The summed E-state index contributed by atoms with van der Waals surface area (Å²) >= 11 is 1.47. The third-order valence-electron chi connectivity index (χ3n) is 2.18. The highest BCUT2D eigenvalue weighted by molar-refractivity contribution is 7.14. The second-order valence-electron chi connectivity index (χ2n) is 3.37. The minimum atomic E-state index is -0.124. The van der Waals surface area contributed by atoms with Crippen molar-refractivity contribution < 1.29 is 4.74 Å². The predicted octanol–water partition coefficient (Wildman–Crippen LogP) is 1.56. The number of aromatic nitrogens is 2. The van der Waals surface area contributed by atoms with Crippen LogP contribution in [0, 0.1) is 0 Å². The van der Waals surface area contributed by atoms with E-state index < -0.39 is 0 Å². The Morgan fingerprint density at radius 2 is 2.47 bits per heavy atom. The number of nitrogens with zero attached hydrogens (tertiary/aromatic N) is 1. The predicted molar refractivity (Wildman–Crippen MR) is 68.5 cm³/mol. The first-order valence-corrected chi connectivity index (χ1v) is 6.05. The van der Waals surface area contributed by atoms with Gasteiger partial charge in [0.2, 0.25) is 0 Å². The number of thiazole rings is 1. The first-order chi connectivity index (χ1) is 8.31. The molecule has 0 aromatic carbocycles. The van der Waals surface area contributed by atoms with E-state index in [2.05, 4.69) is 15.3 Å². The number of H-pyrrole nitrogens is 1. The molecular weight excluding hydrogens is 238 g/mol. The molecule has 2 rings (SSSR count). The molecule has 2 N–H and O–H groups in total. The summed E-state index contributed by atoms with van der Waals surface area (Å²) in [4.78, 5) is 18.5. The van der Waals surface area contributed by atoms with Crippen LogP contribution in [0.5, 0.6) is 0 Å². The van der Waals surface area contributed by atoms with Crippen LogP contribution < -0.4 is 10.9 Å². The molecule has 6 heteroatoms. The number of pyridine rings is 1. The van der Waals surface area contributed by atoms with Crippen molar-refractivity contribution >= 4 is 16.5 Å². The van der Waals surface area contributed by atoms with Gasteiger partial charge in [0.05, 0.1) is 17.9 Å². The molecule has 0 bridgehead atoms. The van der Waals surface area contributed by atoms with Crippen LogP contribution in [0.3, 0.4) is 0 Å². The van der Waals surface area contributed by atoms with E-state index in [9.17, 15) is 4.79 Å². The van der Waals surface area contributed by atoms with E-state index in [1.54, 1.807) is 25.4 Å². The largest absolute Gasteiger partial charge is 0.383 e. The number of rotatable bonds is 5. The van der Waals surface area contributed by atoms with Gasteiger partial charge in [0.15, 0.2) is 5.13 Å². The fourth-order valence-corrected chi connectivity index (χ4v) is 2.10. The fraction of sp³-hybridized carbons (Fsp3) is 0.273. The molecule has 2 heterocycles. The molecule has 0 atom stereocenters. The Labute approximate surface area is 102 Å². The van der Waals surface area contributed by atoms with Crippen molar-refractivity contribution in [1.82, 2.24) is 9.97 Å². The Bertz CT molecular complexity index is 535. The van der Waals surface area contributed by atoms with E-state index in [4.69, 9.17) is 4.74 Å². The lowest BCUT2D eigenvalue weighted by molar-refractivity contribution is 0.211. The maximum atomic E-state index is 11.6. The van der Waals surface area contributed by atoms with Crippen molar-refractivity contribution in [2.45, 2.75) is 0 Å². The molecule has 0 aliphatic heterocycles. The van der Waals surface area contributed by atoms with E-state index in [1.165, 1.54) is 11.3 Å². The topological polar surface area (TPSA) is 67.0 Å². The first-order valence-electron chi connectivity index (χ1n) is 5.17. The van der Waals surface area contributed by atoms with Crippen LogP contribution in [0.4, 0.5) is 5.13 Å². The number of hydrogen-bond acceptors (Lipinski definition) is 5. The molecule has 17 heavy (non-hydrogen) atoms. The Morgan fingerprint density at radius 1 is 1.59 bits per heavy atom. The van der Waals surface area contributed by atoms with Crippen LogP contribution in [-0.2, 0) is 4.74 Å². The highest BCUT2D eigenvalue weighted by Gasteiger charge is 2.06. The standard InChI is InChI=1S/C11H13N3O2S/c1-16-6-5-13-11-14-9(7-17-11)8-3-2-4-12-10(8)15/h2-4,7H,5-6H2,1H3,(H,12,15)(H,13,14). The zero-order valence-electron chi connectivity index (χ0n) is 9.40. The van der Waals surface area contributed by atoms with Gasteiger partial charge in [0, 0.05) is 25.2 Å². The highest BCUT2D eigenvalue weighted by Crippen LogP contribution is 2.21. The number of methoxy groups -OCH3 is 1. The SMILES string of the molecule is COCCNc1nc(-c2ccc[nH]c2=O)cs1. The number of ether oxygens (including phenoxy) is 1. The molecule has 0 saturated carbocycles. The van der Waals surface area contributed by atoms with Crippen LogP contribution in [-0.4, -0.2) is 30.2 Å². The molecule has 0 unspecified atom stereocenters. The maximum Gasteiger partial charge on any atom is 0.257 e. The summed E-state index contributed by atoms with van der Waals surface area (Å²) in [6.07, 6.45) is 1.61. The summed E-state index contributed by atoms with van der Waals surface area (Å²) < 4.78 is 4.93. The van der Waals surface area contributed by atoms with Gasteiger partial charge < -0.3 is 15.0 Å². The van der Waals surface area contributed by atoms with Gasteiger partial charge in [0.25, 0.3) is 5.56 Å². The second kappa shape index (κ2) is 5.60. The van der Waals surface area contributed by atoms with E-state index in [1.807, 2.05) is 5.38 Å².